The van der Waals surface area contributed by atoms with Crippen molar-refractivity contribution < 1.29 is 9.53 Å². The molecular formula is C29H36BrN5O2. The summed E-state index contributed by atoms with van der Waals surface area (Å²) in [6.07, 6.45) is 8.14. The van der Waals surface area contributed by atoms with Gasteiger partial charge in [-0.15, -0.1) is 4.99 Å². The van der Waals surface area contributed by atoms with Gasteiger partial charge in [-0.25, -0.2) is 0 Å². The minimum absolute atomic E-state index is 0.0117. The molecule has 0 saturated carbocycles. The van der Waals surface area contributed by atoms with Crippen molar-refractivity contribution in [2.75, 3.05) is 26.2 Å². The van der Waals surface area contributed by atoms with Gasteiger partial charge in [0.2, 0.25) is 12.1 Å². The van der Waals surface area contributed by atoms with Crippen LogP contribution in [0, 0.1) is 25.3 Å². The van der Waals surface area contributed by atoms with Crippen LogP contribution in [0.25, 0.3) is 0 Å². The Morgan fingerprint density at radius 2 is 1.76 bits per heavy atom. The highest BCUT2D eigenvalue weighted by Crippen LogP contribution is 2.25. The van der Waals surface area contributed by atoms with E-state index in [9.17, 15) is 10.1 Å². The lowest BCUT2D eigenvalue weighted by molar-refractivity contribution is -0.134. The number of rotatable bonds is 6. The summed E-state index contributed by atoms with van der Waals surface area (Å²) in [5.74, 6) is 0.561. The molecule has 4 rings (SSSR count). The molecule has 2 aliphatic heterocycles. The van der Waals surface area contributed by atoms with Gasteiger partial charge in [0.05, 0.1) is 0 Å². The van der Waals surface area contributed by atoms with Gasteiger partial charge in [-0.1, -0.05) is 52.7 Å². The first-order valence-corrected chi connectivity index (χ1v) is 14.0. The van der Waals surface area contributed by atoms with Gasteiger partial charge in [-0.05, 0) is 81.4 Å². The number of benzene rings is 2. The van der Waals surface area contributed by atoms with Crippen LogP contribution in [-0.2, 0) is 11.2 Å². The minimum atomic E-state index is -0.609. The van der Waals surface area contributed by atoms with Crippen molar-refractivity contribution in [1.29, 1.82) is 5.26 Å². The molecule has 0 bridgehead atoms. The normalized spacial score (nSPS) is 18.2. The Balaban J connectivity index is 1.51. The fourth-order valence-electron chi connectivity index (χ4n) is 5.42. The number of carbonyl (C=O) groups is 1. The van der Waals surface area contributed by atoms with Gasteiger partial charge in [0.15, 0.2) is 0 Å². The predicted molar refractivity (Wildman–Crippen MR) is 149 cm³/mol. The third kappa shape index (κ3) is 7.33. The number of amidine groups is 1. The SMILES string of the molecule is Cc1cc(CC(NC(=NC#N)Oc2ccccc2)C(=O)N2CCC(N3CCCCC3)CC2)cc(C)c1Br. The maximum atomic E-state index is 13.9. The lowest BCUT2D eigenvalue weighted by Gasteiger charge is -2.41. The molecule has 1 atom stereocenters. The van der Waals surface area contributed by atoms with Crippen molar-refractivity contribution in [3.05, 3.63) is 63.6 Å². The van der Waals surface area contributed by atoms with Crippen LogP contribution < -0.4 is 10.1 Å². The van der Waals surface area contributed by atoms with Crippen LogP contribution in [0.5, 0.6) is 5.75 Å². The van der Waals surface area contributed by atoms with E-state index < -0.39 is 6.04 Å². The Morgan fingerprint density at radius 3 is 2.38 bits per heavy atom. The van der Waals surface area contributed by atoms with Crippen LogP contribution in [0.3, 0.4) is 0 Å². The molecule has 2 fully saturated rings. The predicted octanol–water partition coefficient (Wildman–Crippen LogP) is 4.96. The fraction of sp³-hybridized carbons (Fsp3) is 0.483. The van der Waals surface area contributed by atoms with Crippen LogP contribution >= 0.6 is 15.9 Å². The third-order valence-corrected chi connectivity index (χ3v) is 8.58. The smallest absolute Gasteiger partial charge is 0.306 e. The second-order valence-electron chi connectivity index (χ2n) is 10.0. The second kappa shape index (κ2) is 13.1. The Bertz CT molecular complexity index is 1110. The summed E-state index contributed by atoms with van der Waals surface area (Å²) < 4.78 is 6.93. The molecule has 0 spiro atoms. The van der Waals surface area contributed by atoms with Gasteiger partial charge in [0.1, 0.15) is 11.8 Å². The van der Waals surface area contributed by atoms with Crippen LogP contribution in [0.2, 0.25) is 0 Å². The molecule has 1 amide bonds. The number of nitrogens with one attached hydrogen (secondary N) is 1. The average Bonchev–Trinajstić information content (AvgIpc) is 2.92. The summed E-state index contributed by atoms with van der Waals surface area (Å²) in [4.78, 5) is 22.3. The Morgan fingerprint density at radius 1 is 1.11 bits per heavy atom. The summed E-state index contributed by atoms with van der Waals surface area (Å²) >= 11 is 3.64. The molecule has 2 heterocycles. The average molecular weight is 567 g/mol. The minimum Gasteiger partial charge on any atom is -0.425 e. The molecule has 0 aliphatic carbocycles. The molecule has 8 heteroatoms. The number of aliphatic imine (C=N–C) groups is 1. The first kappa shape index (κ1) is 27.2. The largest absolute Gasteiger partial charge is 0.425 e. The van der Waals surface area contributed by atoms with E-state index in [0.717, 1.165) is 47.1 Å². The van der Waals surface area contributed by atoms with Gasteiger partial charge in [0.25, 0.3) is 0 Å². The molecule has 2 aromatic rings. The van der Waals surface area contributed by atoms with Crippen molar-refractivity contribution in [2.45, 2.75) is 64.5 Å². The number of piperidine rings is 2. The van der Waals surface area contributed by atoms with Crippen LogP contribution in [-0.4, -0.2) is 60.0 Å². The molecule has 2 aliphatic rings. The number of para-hydroxylation sites is 1. The Kier molecular flexibility index (Phi) is 9.59. The van der Waals surface area contributed by atoms with Gasteiger partial charge >= 0.3 is 6.02 Å². The second-order valence-corrected chi connectivity index (χ2v) is 10.8. The highest BCUT2D eigenvalue weighted by molar-refractivity contribution is 9.10. The summed E-state index contributed by atoms with van der Waals surface area (Å²) in [6.45, 7) is 7.93. The number of amides is 1. The monoisotopic (exact) mass is 565 g/mol. The maximum absolute atomic E-state index is 13.9. The fourth-order valence-corrected chi connectivity index (χ4v) is 5.65. The van der Waals surface area contributed by atoms with Crippen molar-refractivity contribution in [1.82, 2.24) is 15.1 Å². The third-order valence-electron chi connectivity index (χ3n) is 7.32. The van der Waals surface area contributed by atoms with Crippen molar-refractivity contribution >= 4 is 27.9 Å². The highest BCUT2D eigenvalue weighted by Gasteiger charge is 2.32. The van der Waals surface area contributed by atoms with E-state index in [2.05, 4.69) is 57.1 Å². The quantitative estimate of drug-likeness (QED) is 0.304. The zero-order chi connectivity index (χ0) is 26.2. The van der Waals surface area contributed by atoms with E-state index in [4.69, 9.17) is 4.74 Å². The summed E-state index contributed by atoms with van der Waals surface area (Å²) in [7, 11) is 0. The summed E-state index contributed by atoms with van der Waals surface area (Å²) in [5, 5.41) is 12.5. The van der Waals surface area contributed by atoms with E-state index in [1.165, 1.54) is 32.4 Å². The number of ether oxygens (including phenoxy) is 1. The van der Waals surface area contributed by atoms with Crippen molar-refractivity contribution in [3.63, 3.8) is 0 Å². The van der Waals surface area contributed by atoms with Crippen LogP contribution in [0.4, 0.5) is 0 Å². The van der Waals surface area contributed by atoms with Crippen molar-refractivity contribution in [3.8, 4) is 11.9 Å². The Labute approximate surface area is 228 Å². The van der Waals surface area contributed by atoms with Crippen LogP contribution in [0.15, 0.2) is 51.9 Å². The summed E-state index contributed by atoms with van der Waals surface area (Å²) in [6, 6.07) is 13.3. The molecule has 196 valence electrons. The molecule has 1 N–H and O–H groups in total. The van der Waals surface area contributed by atoms with Gasteiger partial charge in [-0.3, -0.25) is 4.79 Å². The summed E-state index contributed by atoms with van der Waals surface area (Å²) in [5.41, 5.74) is 3.29. The number of hydrogen-bond acceptors (Lipinski definition) is 5. The van der Waals surface area contributed by atoms with Crippen molar-refractivity contribution in [2.24, 2.45) is 4.99 Å². The molecular weight excluding hydrogens is 530 g/mol. The molecule has 2 saturated heterocycles. The molecule has 0 aromatic heterocycles. The highest BCUT2D eigenvalue weighted by atomic mass is 79.9. The number of carbonyl (C=O) groups excluding carboxylic acids is 1. The number of nitriles is 1. The van der Waals surface area contributed by atoms with E-state index >= 15 is 0 Å². The zero-order valence-corrected chi connectivity index (χ0v) is 23.3. The maximum Gasteiger partial charge on any atom is 0.306 e. The number of hydrogen-bond donors (Lipinski definition) is 1. The first-order chi connectivity index (χ1) is 17.9. The number of nitrogens with zero attached hydrogens (tertiary/aromatic N) is 4. The molecule has 2 aromatic carbocycles. The topological polar surface area (TPSA) is 81.0 Å². The van der Waals surface area contributed by atoms with E-state index in [1.807, 2.05) is 29.3 Å². The van der Waals surface area contributed by atoms with E-state index in [-0.39, 0.29) is 11.9 Å². The van der Waals surface area contributed by atoms with E-state index in [1.54, 1.807) is 12.1 Å². The molecule has 7 nitrogen and oxygen atoms in total. The lowest BCUT2D eigenvalue weighted by Crippen LogP contribution is -2.54. The first-order valence-electron chi connectivity index (χ1n) is 13.2. The van der Waals surface area contributed by atoms with Crippen LogP contribution in [0.1, 0.15) is 48.8 Å². The molecule has 1 unspecified atom stereocenters. The van der Waals surface area contributed by atoms with Gasteiger partial charge in [-0.2, -0.15) is 5.26 Å². The molecule has 37 heavy (non-hydrogen) atoms. The zero-order valence-electron chi connectivity index (χ0n) is 21.8. The standard InChI is InChI=1S/C29H36BrN5O2/c1-21-17-23(18-22(2)27(21)30)19-26(33-29(32-20-31)37-25-9-5-3-6-10-25)28(36)35-15-11-24(12-16-35)34-13-7-4-8-14-34/h3,5-6,9-10,17-18,24,26H,4,7-8,11-16,19H2,1-2H3,(H,32,33). The number of halogens is 1. The lowest BCUT2D eigenvalue weighted by atomic mass is 9.97. The van der Waals surface area contributed by atoms with Gasteiger partial charge < -0.3 is 19.9 Å². The van der Waals surface area contributed by atoms with Gasteiger partial charge in [0, 0.05) is 30.0 Å². The van der Waals surface area contributed by atoms with E-state index in [0.29, 0.717) is 18.2 Å². The Hall–Kier alpha value is -2.89. The molecule has 0 radical (unpaired) electrons. The number of aryl methyl sites for hydroxylation is 2. The number of likely N-dealkylation sites (tertiary alicyclic amines) is 2.